The Morgan fingerprint density at radius 3 is 2.77 bits per heavy atom. The van der Waals surface area contributed by atoms with Crippen molar-refractivity contribution in [3.05, 3.63) is 59.4 Å². The number of likely N-dealkylation sites (tertiary alicyclic amines) is 1. The highest BCUT2D eigenvalue weighted by molar-refractivity contribution is 5.74. The van der Waals surface area contributed by atoms with Crippen LogP contribution >= 0.6 is 0 Å². The number of carbonyl (C=O) groups excluding carboxylic acids is 1. The van der Waals surface area contributed by atoms with E-state index in [1.807, 2.05) is 36.9 Å². The SMILES string of the molecule is CC(=O)N1CCCC(c2cc(Nc3cccc(F)c3)cc(-c3c(C)noc3C)n2)C1. The number of nitrogens with one attached hydrogen (secondary N) is 1. The van der Waals surface area contributed by atoms with Crippen LogP contribution in [0, 0.1) is 19.7 Å². The van der Waals surface area contributed by atoms with Crippen molar-refractivity contribution in [3.63, 3.8) is 0 Å². The third kappa shape index (κ3) is 4.20. The highest BCUT2D eigenvalue weighted by atomic mass is 19.1. The first-order valence-corrected chi connectivity index (χ1v) is 10.1. The van der Waals surface area contributed by atoms with Gasteiger partial charge in [-0.25, -0.2) is 4.39 Å². The van der Waals surface area contributed by atoms with Gasteiger partial charge in [0.15, 0.2) is 0 Å². The molecule has 3 heterocycles. The average molecular weight is 408 g/mol. The van der Waals surface area contributed by atoms with Crippen LogP contribution in [0.3, 0.4) is 0 Å². The van der Waals surface area contributed by atoms with Crippen molar-refractivity contribution < 1.29 is 13.7 Å². The smallest absolute Gasteiger partial charge is 0.219 e. The molecule has 1 aliphatic heterocycles. The number of amides is 1. The summed E-state index contributed by atoms with van der Waals surface area (Å²) in [5.41, 5.74) is 4.74. The van der Waals surface area contributed by atoms with Gasteiger partial charge in [0.25, 0.3) is 0 Å². The van der Waals surface area contributed by atoms with Gasteiger partial charge >= 0.3 is 0 Å². The minimum Gasteiger partial charge on any atom is -0.361 e. The molecule has 1 aliphatic rings. The Balaban J connectivity index is 1.75. The van der Waals surface area contributed by atoms with Gasteiger partial charge in [-0.1, -0.05) is 11.2 Å². The molecule has 7 heteroatoms. The molecule has 156 valence electrons. The van der Waals surface area contributed by atoms with Crippen LogP contribution in [-0.4, -0.2) is 34.0 Å². The van der Waals surface area contributed by atoms with Crippen molar-refractivity contribution in [2.24, 2.45) is 0 Å². The van der Waals surface area contributed by atoms with E-state index in [0.29, 0.717) is 18.0 Å². The molecular weight excluding hydrogens is 383 g/mol. The molecule has 2 aromatic heterocycles. The highest BCUT2D eigenvalue weighted by Crippen LogP contribution is 2.33. The fourth-order valence-electron chi connectivity index (χ4n) is 4.05. The van der Waals surface area contributed by atoms with E-state index in [-0.39, 0.29) is 17.6 Å². The zero-order valence-corrected chi connectivity index (χ0v) is 17.4. The van der Waals surface area contributed by atoms with Gasteiger partial charge in [-0.15, -0.1) is 0 Å². The van der Waals surface area contributed by atoms with Crippen molar-refractivity contribution in [1.82, 2.24) is 15.0 Å². The Kier molecular flexibility index (Phi) is 5.53. The number of piperidine rings is 1. The van der Waals surface area contributed by atoms with Crippen molar-refractivity contribution >= 4 is 17.3 Å². The summed E-state index contributed by atoms with van der Waals surface area (Å²) < 4.78 is 19.0. The zero-order chi connectivity index (χ0) is 21.3. The standard InChI is InChI=1S/C23H25FN4O2/c1-14-23(15(2)30-27-14)22-12-20(25-19-8-4-7-18(24)10-19)11-21(26-22)17-6-5-9-28(13-17)16(3)29/h4,7-8,10-12,17H,5-6,9,13H2,1-3H3,(H,25,26). The zero-order valence-electron chi connectivity index (χ0n) is 17.4. The van der Waals surface area contributed by atoms with E-state index in [2.05, 4.69) is 10.5 Å². The molecule has 1 saturated heterocycles. The Morgan fingerprint density at radius 1 is 1.23 bits per heavy atom. The van der Waals surface area contributed by atoms with Crippen LogP contribution in [0.4, 0.5) is 15.8 Å². The predicted octanol–water partition coefficient (Wildman–Crippen LogP) is 4.96. The molecule has 1 atom stereocenters. The number of hydrogen-bond acceptors (Lipinski definition) is 5. The van der Waals surface area contributed by atoms with Crippen LogP contribution < -0.4 is 5.32 Å². The average Bonchev–Trinajstić information content (AvgIpc) is 3.06. The van der Waals surface area contributed by atoms with Gasteiger partial charge in [-0.05, 0) is 57.0 Å². The van der Waals surface area contributed by atoms with Crippen molar-refractivity contribution in [2.75, 3.05) is 18.4 Å². The number of rotatable bonds is 4. The number of pyridine rings is 1. The third-order valence-electron chi connectivity index (χ3n) is 5.53. The Labute approximate surface area is 175 Å². The molecular formula is C23H25FN4O2. The van der Waals surface area contributed by atoms with Gasteiger partial charge in [0, 0.05) is 43.0 Å². The number of carbonyl (C=O) groups is 1. The summed E-state index contributed by atoms with van der Waals surface area (Å²) in [5.74, 6) is 0.614. The molecule has 0 spiro atoms. The molecule has 1 unspecified atom stereocenters. The Bertz CT molecular complexity index is 1060. The van der Waals surface area contributed by atoms with Gasteiger partial charge in [0.1, 0.15) is 11.6 Å². The number of benzene rings is 1. The van der Waals surface area contributed by atoms with E-state index < -0.39 is 0 Å². The molecule has 3 aromatic rings. The van der Waals surface area contributed by atoms with Crippen LogP contribution in [0.25, 0.3) is 11.3 Å². The molecule has 6 nitrogen and oxygen atoms in total. The van der Waals surface area contributed by atoms with Gasteiger partial charge in [0.2, 0.25) is 5.91 Å². The lowest BCUT2D eigenvalue weighted by Crippen LogP contribution is -2.37. The monoisotopic (exact) mass is 408 g/mol. The second-order valence-electron chi connectivity index (χ2n) is 7.80. The maximum absolute atomic E-state index is 13.7. The second-order valence-corrected chi connectivity index (χ2v) is 7.80. The minimum atomic E-state index is -0.301. The van der Waals surface area contributed by atoms with Crippen molar-refractivity contribution in [3.8, 4) is 11.3 Å². The van der Waals surface area contributed by atoms with Crippen LogP contribution in [0.2, 0.25) is 0 Å². The molecule has 0 radical (unpaired) electrons. The summed E-state index contributed by atoms with van der Waals surface area (Å²) >= 11 is 0. The molecule has 1 fully saturated rings. The number of nitrogens with zero attached hydrogens (tertiary/aromatic N) is 3. The fraction of sp³-hybridized carbons (Fsp3) is 0.348. The predicted molar refractivity (Wildman–Crippen MR) is 113 cm³/mol. The molecule has 4 rings (SSSR count). The topological polar surface area (TPSA) is 71.3 Å². The first kappa shape index (κ1) is 20.1. The molecule has 0 aliphatic carbocycles. The summed E-state index contributed by atoms with van der Waals surface area (Å²) in [7, 11) is 0. The Morgan fingerprint density at radius 2 is 2.07 bits per heavy atom. The van der Waals surface area contributed by atoms with Crippen molar-refractivity contribution in [2.45, 2.75) is 39.5 Å². The largest absolute Gasteiger partial charge is 0.361 e. The summed E-state index contributed by atoms with van der Waals surface area (Å²) in [4.78, 5) is 18.7. The van der Waals surface area contributed by atoms with E-state index in [9.17, 15) is 9.18 Å². The summed E-state index contributed by atoms with van der Waals surface area (Å²) in [5, 5.41) is 7.35. The summed E-state index contributed by atoms with van der Waals surface area (Å²) in [6, 6.07) is 10.3. The number of aromatic nitrogens is 2. The van der Waals surface area contributed by atoms with Gasteiger partial charge < -0.3 is 14.7 Å². The van der Waals surface area contributed by atoms with E-state index in [4.69, 9.17) is 9.51 Å². The number of anilines is 2. The lowest BCUT2D eigenvalue weighted by atomic mass is 9.93. The van der Waals surface area contributed by atoms with E-state index in [1.54, 1.807) is 13.0 Å². The van der Waals surface area contributed by atoms with Gasteiger partial charge in [0.05, 0.1) is 17.0 Å². The first-order valence-electron chi connectivity index (χ1n) is 10.1. The van der Waals surface area contributed by atoms with Gasteiger partial charge in [-0.2, -0.15) is 0 Å². The van der Waals surface area contributed by atoms with Crippen LogP contribution in [0.1, 0.15) is 42.8 Å². The van der Waals surface area contributed by atoms with E-state index in [0.717, 1.165) is 47.7 Å². The normalized spacial score (nSPS) is 16.5. The van der Waals surface area contributed by atoms with Gasteiger partial charge in [-0.3, -0.25) is 9.78 Å². The minimum absolute atomic E-state index is 0.0830. The maximum atomic E-state index is 13.7. The van der Waals surface area contributed by atoms with Crippen LogP contribution in [0.5, 0.6) is 0 Å². The molecule has 1 amide bonds. The maximum Gasteiger partial charge on any atom is 0.219 e. The molecule has 0 bridgehead atoms. The summed E-state index contributed by atoms with van der Waals surface area (Å²) in [6.07, 6.45) is 1.90. The molecule has 0 saturated carbocycles. The molecule has 1 aromatic carbocycles. The third-order valence-corrected chi connectivity index (χ3v) is 5.53. The highest BCUT2D eigenvalue weighted by Gasteiger charge is 2.25. The lowest BCUT2D eigenvalue weighted by molar-refractivity contribution is -0.130. The van der Waals surface area contributed by atoms with E-state index >= 15 is 0 Å². The lowest BCUT2D eigenvalue weighted by Gasteiger charge is -2.32. The Hall–Kier alpha value is -3.22. The van der Waals surface area contributed by atoms with E-state index in [1.165, 1.54) is 12.1 Å². The second kappa shape index (κ2) is 8.26. The van der Waals surface area contributed by atoms with Crippen molar-refractivity contribution in [1.29, 1.82) is 0 Å². The fourth-order valence-corrected chi connectivity index (χ4v) is 4.05. The summed E-state index contributed by atoms with van der Waals surface area (Å²) in [6.45, 7) is 6.78. The number of halogens is 1. The molecule has 1 N–H and O–H groups in total. The van der Waals surface area contributed by atoms with Crippen LogP contribution in [0.15, 0.2) is 40.9 Å². The quantitative estimate of drug-likeness (QED) is 0.660. The first-order chi connectivity index (χ1) is 14.4. The van der Waals surface area contributed by atoms with Crippen LogP contribution in [-0.2, 0) is 4.79 Å². The molecule has 30 heavy (non-hydrogen) atoms. The number of aryl methyl sites for hydroxylation is 2. The number of hydrogen-bond donors (Lipinski definition) is 1.